The minimum absolute atomic E-state index is 0.0626. The molecule has 1 aliphatic rings. The van der Waals surface area contributed by atoms with Crippen LogP contribution in [-0.2, 0) is 11.2 Å². The molecule has 0 saturated heterocycles. The Morgan fingerprint density at radius 1 is 1.18 bits per heavy atom. The van der Waals surface area contributed by atoms with Gasteiger partial charge in [0, 0.05) is 5.92 Å². The molecule has 2 unspecified atom stereocenters. The maximum atomic E-state index is 12.4. The summed E-state index contributed by atoms with van der Waals surface area (Å²) in [5.74, 6) is 1.52. The molecule has 1 aromatic carbocycles. The molecule has 1 saturated carbocycles. The number of aromatic hydroxyl groups is 1. The molecule has 1 fully saturated rings. The largest absolute Gasteiger partial charge is 0.508 e. The van der Waals surface area contributed by atoms with Gasteiger partial charge in [0.25, 0.3) is 0 Å². The average molecular weight is 305 g/mol. The van der Waals surface area contributed by atoms with Crippen LogP contribution >= 0.6 is 0 Å². The Morgan fingerprint density at radius 3 is 2.32 bits per heavy atom. The summed E-state index contributed by atoms with van der Waals surface area (Å²) in [5.41, 5.74) is 0.988. The quantitative estimate of drug-likeness (QED) is 0.783. The van der Waals surface area contributed by atoms with Crippen molar-refractivity contribution in [1.82, 2.24) is 5.32 Å². The van der Waals surface area contributed by atoms with Gasteiger partial charge in [0.05, 0.1) is 12.6 Å². The predicted octanol–water partition coefficient (Wildman–Crippen LogP) is 2.48. The highest BCUT2D eigenvalue weighted by Crippen LogP contribution is 2.32. The zero-order valence-electron chi connectivity index (χ0n) is 13.5. The van der Waals surface area contributed by atoms with Crippen molar-refractivity contribution in [3.05, 3.63) is 29.8 Å². The van der Waals surface area contributed by atoms with Crippen LogP contribution in [0.25, 0.3) is 0 Å². The second kappa shape index (κ2) is 7.63. The van der Waals surface area contributed by atoms with E-state index in [1.807, 2.05) is 12.1 Å². The summed E-state index contributed by atoms with van der Waals surface area (Å²) in [7, 11) is 0. The van der Waals surface area contributed by atoms with E-state index >= 15 is 0 Å². The third kappa shape index (κ3) is 4.73. The van der Waals surface area contributed by atoms with Crippen molar-refractivity contribution in [3.8, 4) is 5.75 Å². The number of rotatable bonds is 5. The van der Waals surface area contributed by atoms with Gasteiger partial charge in [-0.25, -0.2) is 0 Å². The molecular weight excluding hydrogens is 278 g/mol. The summed E-state index contributed by atoms with van der Waals surface area (Å²) < 4.78 is 0. The standard InChI is InChI=1S/C18H27NO3/c1-12-7-13(2)9-15(8-12)18(22)19-16(11-20)10-14-3-5-17(21)6-4-14/h3-6,12-13,15-16,20-21H,7-11H2,1-2H3,(H,19,22)/t12?,13?,15?,16-/m0/s1. The van der Waals surface area contributed by atoms with Crippen LogP contribution < -0.4 is 5.32 Å². The summed E-state index contributed by atoms with van der Waals surface area (Å²) in [4.78, 5) is 12.4. The van der Waals surface area contributed by atoms with E-state index in [0.717, 1.165) is 18.4 Å². The highest BCUT2D eigenvalue weighted by molar-refractivity contribution is 5.79. The number of carbonyl (C=O) groups is 1. The Balaban J connectivity index is 1.91. The molecule has 0 radical (unpaired) electrons. The molecule has 122 valence electrons. The number of phenols is 1. The fourth-order valence-corrected chi connectivity index (χ4v) is 3.56. The second-order valence-electron chi connectivity index (χ2n) is 6.87. The molecule has 3 N–H and O–H groups in total. The van der Waals surface area contributed by atoms with Gasteiger partial charge in [0.1, 0.15) is 5.75 Å². The normalized spacial score (nSPS) is 26.4. The van der Waals surface area contributed by atoms with E-state index in [-0.39, 0.29) is 30.2 Å². The van der Waals surface area contributed by atoms with Crippen LogP contribution in [0, 0.1) is 17.8 Å². The predicted molar refractivity (Wildman–Crippen MR) is 86.5 cm³/mol. The van der Waals surface area contributed by atoms with Gasteiger partial charge in [-0.15, -0.1) is 0 Å². The van der Waals surface area contributed by atoms with Gasteiger partial charge >= 0.3 is 0 Å². The Bertz CT molecular complexity index is 476. The van der Waals surface area contributed by atoms with Crippen LogP contribution in [0.15, 0.2) is 24.3 Å². The molecule has 22 heavy (non-hydrogen) atoms. The lowest BCUT2D eigenvalue weighted by Crippen LogP contribution is -2.44. The molecule has 4 nitrogen and oxygen atoms in total. The molecule has 0 bridgehead atoms. The first-order valence-corrected chi connectivity index (χ1v) is 8.17. The van der Waals surface area contributed by atoms with E-state index in [4.69, 9.17) is 0 Å². The molecule has 0 aliphatic heterocycles. The number of benzene rings is 1. The summed E-state index contributed by atoms with van der Waals surface area (Å²) in [6.07, 6.45) is 3.64. The van der Waals surface area contributed by atoms with E-state index in [9.17, 15) is 15.0 Å². The van der Waals surface area contributed by atoms with Gasteiger partial charge in [-0.3, -0.25) is 4.79 Å². The van der Waals surface area contributed by atoms with Crippen LogP contribution in [0.1, 0.15) is 38.7 Å². The average Bonchev–Trinajstić information content (AvgIpc) is 2.47. The molecule has 3 atom stereocenters. The molecule has 1 amide bonds. The van der Waals surface area contributed by atoms with Gasteiger partial charge < -0.3 is 15.5 Å². The minimum Gasteiger partial charge on any atom is -0.508 e. The number of aliphatic hydroxyl groups is 1. The molecular formula is C18H27NO3. The van der Waals surface area contributed by atoms with Crippen molar-refractivity contribution in [2.45, 2.75) is 45.6 Å². The Kier molecular flexibility index (Phi) is 5.83. The fourth-order valence-electron chi connectivity index (χ4n) is 3.56. The van der Waals surface area contributed by atoms with Crippen molar-refractivity contribution in [2.24, 2.45) is 17.8 Å². The van der Waals surface area contributed by atoms with Crippen molar-refractivity contribution in [2.75, 3.05) is 6.61 Å². The summed E-state index contributed by atoms with van der Waals surface area (Å²) in [5, 5.41) is 21.8. The van der Waals surface area contributed by atoms with Crippen LogP contribution in [0.3, 0.4) is 0 Å². The third-order valence-corrected chi connectivity index (χ3v) is 4.53. The SMILES string of the molecule is CC1CC(C)CC(C(=O)N[C@H](CO)Cc2ccc(O)cc2)C1. The van der Waals surface area contributed by atoms with E-state index in [1.54, 1.807) is 12.1 Å². The lowest BCUT2D eigenvalue weighted by Gasteiger charge is -2.31. The van der Waals surface area contributed by atoms with Crippen LogP contribution in [0.2, 0.25) is 0 Å². The first-order chi connectivity index (χ1) is 10.5. The Morgan fingerprint density at radius 2 is 1.77 bits per heavy atom. The topological polar surface area (TPSA) is 69.6 Å². The summed E-state index contributed by atoms with van der Waals surface area (Å²) in [6.45, 7) is 4.33. The van der Waals surface area contributed by atoms with Crippen LogP contribution in [-0.4, -0.2) is 28.8 Å². The summed E-state index contributed by atoms with van der Waals surface area (Å²) >= 11 is 0. The number of aliphatic hydroxyl groups excluding tert-OH is 1. The highest BCUT2D eigenvalue weighted by Gasteiger charge is 2.29. The van der Waals surface area contributed by atoms with E-state index in [1.165, 1.54) is 6.42 Å². The number of phenolic OH excluding ortho intramolecular Hbond substituents is 1. The highest BCUT2D eigenvalue weighted by atomic mass is 16.3. The fraction of sp³-hybridized carbons (Fsp3) is 0.611. The molecule has 0 spiro atoms. The number of hydrogen-bond donors (Lipinski definition) is 3. The lowest BCUT2D eigenvalue weighted by atomic mass is 9.76. The summed E-state index contributed by atoms with van der Waals surface area (Å²) in [6, 6.07) is 6.60. The first-order valence-electron chi connectivity index (χ1n) is 8.17. The Hall–Kier alpha value is -1.55. The maximum Gasteiger partial charge on any atom is 0.223 e. The van der Waals surface area contributed by atoms with Gasteiger partial charge in [-0.1, -0.05) is 26.0 Å². The van der Waals surface area contributed by atoms with Crippen LogP contribution in [0.5, 0.6) is 5.75 Å². The number of amides is 1. The molecule has 4 heteroatoms. The Labute approximate surface area is 132 Å². The van der Waals surface area contributed by atoms with Gasteiger partial charge in [0.15, 0.2) is 0 Å². The van der Waals surface area contributed by atoms with Crippen molar-refractivity contribution in [1.29, 1.82) is 0 Å². The van der Waals surface area contributed by atoms with E-state index < -0.39 is 0 Å². The third-order valence-electron chi connectivity index (χ3n) is 4.53. The van der Waals surface area contributed by atoms with Crippen LogP contribution in [0.4, 0.5) is 0 Å². The molecule has 1 aromatic rings. The van der Waals surface area contributed by atoms with E-state index in [2.05, 4.69) is 19.2 Å². The molecule has 1 aliphatic carbocycles. The van der Waals surface area contributed by atoms with Gasteiger partial charge in [-0.05, 0) is 55.2 Å². The van der Waals surface area contributed by atoms with Crippen molar-refractivity contribution in [3.63, 3.8) is 0 Å². The van der Waals surface area contributed by atoms with E-state index in [0.29, 0.717) is 18.3 Å². The first kappa shape index (κ1) is 16.8. The number of carbonyl (C=O) groups excluding carboxylic acids is 1. The number of nitrogens with one attached hydrogen (secondary N) is 1. The zero-order chi connectivity index (χ0) is 16.1. The number of hydrogen-bond acceptors (Lipinski definition) is 3. The van der Waals surface area contributed by atoms with Gasteiger partial charge in [0.2, 0.25) is 5.91 Å². The zero-order valence-corrected chi connectivity index (χ0v) is 13.5. The molecule has 0 heterocycles. The maximum absolute atomic E-state index is 12.4. The molecule has 0 aromatic heterocycles. The smallest absolute Gasteiger partial charge is 0.223 e. The second-order valence-corrected chi connectivity index (χ2v) is 6.87. The molecule has 2 rings (SSSR count). The monoisotopic (exact) mass is 305 g/mol. The minimum atomic E-state index is -0.274. The van der Waals surface area contributed by atoms with Crippen molar-refractivity contribution >= 4 is 5.91 Å². The van der Waals surface area contributed by atoms with Gasteiger partial charge in [-0.2, -0.15) is 0 Å². The van der Waals surface area contributed by atoms with Crippen molar-refractivity contribution < 1.29 is 15.0 Å². The lowest BCUT2D eigenvalue weighted by molar-refractivity contribution is -0.128.